The molecule has 0 heterocycles. The van der Waals surface area contributed by atoms with Crippen molar-refractivity contribution in [3.05, 3.63) is 0 Å². The number of carbonyl (C=O) groups is 12. The van der Waals surface area contributed by atoms with E-state index in [0.29, 0.717) is 0 Å². The van der Waals surface area contributed by atoms with E-state index < -0.39 is 144 Å². The van der Waals surface area contributed by atoms with Crippen LogP contribution in [0.1, 0.15) is 120 Å². The van der Waals surface area contributed by atoms with Gasteiger partial charge in [-0.1, -0.05) is 55.4 Å². The number of guanidine groups is 1. The fourth-order valence-electron chi connectivity index (χ4n) is 7.31. The summed E-state index contributed by atoms with van der Waals surface area (Å²) in [5.41, 5.74) is 27.1. The third-order valence-corrected chi connectivity index (χ3v) is 11.8. The molecule has 0 saturated heterocycles. The van der Waals surface area contributed by atoms with Gasteiger partial charge in [-0.15, -0.1) is 0 Å². The lowest BCUT2D eigenvalue weighted by Gasteiger charge is -2.29. The lowest BCUT2D eigenvalue weighted by atomic mass is 9.99. The second kappa shape index (κ2) is 35.5. The van der Waals surface area contributed by atoms with Crippen molar-refractivity contribution in [1.29, 1.82) is 0 Å². The highest BCUT2D eigenvalue weighted by molar-refractivity contribution is 7.98. The predicted octanol–water partition coefficient (Wildman–Crippen LogP) is -3.51. The van der Waals surface area contributed by atoms with Gasteiger partial charge in [0, 0.05) is 13.0 Å². The van der Waals surface area contributed by atoms with Crippen LogP contribution >= 0.6 is 11.8 Å². The number of primary amides is 2. The number of nitrogens with two attached hydrogens (primary N) is 5. The number of aliphatic imine (C=N–C) groups is 1. The molecule has 0 rings (SSSR count). The number of carbonyl (C=O) groups excluding carboxylic acids is 10. The summed E-state index contributed by atoms with van der Waals surface area (Å²) in [5.74, 6) is -13.2. The van der Waals surface area contributed by atoms with Gasteiger partial charge in [0.25, 0.3) is 0 Å². The van der Waals surface area contributed by atoms with Crippen molar-refractivity contribution in [3.63, 3.8) is 0 Å². The molecule has 28 nitrogen and oxygen atoms in total. The van der Waals surface area contributed by atoms with Crippen LogP contribution in [0.3, 0.4) is 0 Å². The summed E-state index contributed by atoms with van der Waals surface area (Å²) < 4.78 is 0. The molecule has 0 aromatic carbocycles. The Kier molecular flexibility index (Phi) is 32.3. The SMILES string of the molecule is CSCC[C@H](NC(=O)[C@H](CC(C)C)NC(=O)[C@H](CC(C)C)NC(=O)[C@H](CCC(N)=O)NC(=O)[C@H](CC(C)C)NC(=O)[C@@H](N)CC(N)=O)C(=O)N[C@@H](CC(=O)O)C(=O)N[C@@H](CCCN=C(N)N)C(=O)N[C@H](C(=O)O)C(C)C. The van der Waals surface area contributed by atoms with Crippen molar-refractivity contribution in [2.75, 3.05) is 18.6 Å². The molecule has 10 amide bonds. The maximum atomic E-state index is 14.2. The van der Waals surface area contributed by atoms with Crippen LogP contribution in [0.2, 0.25) is 0 Å². The van der Waals surface area contributed by atoms with Gasteiger partial charge in [0.05, 0.1) is 18.9 Å². The van der Waals surface area contributed by atoms with Crippen LogP contribution in [0.4, 0.5) is 0 Å². The first-order valence-electron chi connectivity index (χ1n) is 25.0. The zero-order valence-electron chi connectivity index (χ0n) is 45.0. The van der Waals surface area contributed by atoms with E-state index in [4.69, 9.17) is 28.7 Å². The van der Waals surface area contributed by atoms with Gasteiger partial charge in [-0.2, -0.15) is 11.8 Å². The zero-order chi connectivity index (χ0) is 58.6. The molecule has 0 saturated carbocycles. The molecule has 76 heavy (non-hydrogen) atoms. The Morgan fingerprint density at radius 2 is 0.842 bits per heavy atom. The number of nitrogens with one attached hydrogen (secondary N) is 8. The maximum Gasteiger partial charge on any atom is 0.326 e. The number of rotatable bonds is 38. The molecule has 20 N–H and O–H groups in total. The fraction of sp³-hybridized carbons (Fsp3) is 0.723. The average Bonchev–Trinajstić information content (AvgIpc) is 3.29. The van der Waals surface area contributed by atoms with Crippen LogP contribution in [-0.4, -0.2) is 160 Å². The number of thioether (sulfide) groups is 1. The Labute approximate surface area is 447 Å². The third kappa shape index (κ3) is 28.8. The van der Waals surface area contributed by atoms with E-state index in [2.05, 4.69) is 47.5 Å². The number of hydrogen-bond acceptors (Lipinski definition) is 15. The standard InChI is InChI=1S/C47H84N14O14S/c1-22(2)17-30(57-38(66)26(48)20-35(50)63)42(70)55-28(12-13-34(49)62)39(67)58-32(19-24(5)6)44(72)59-31(18-23(3)4)43(71)56-29(14-16-76-9)40(68)60-33(21-36(64)65)45(73)54-27(11-10-15-53-47(51)52)41(69)61-37(25(7)8)46(74)75/h22-33,37H,10-21,48H2,1-9H3,(H2,49,62)(H2,50,63)(H,54,73)(H,55,70)(H,56,71)(H,57,66)(H,58,67)(H,59,72)(H,60,68)(H,61,69)(H,64,65)(H,74,75)(H4,51,52,53)/t26-,27-,28-,29-,30-,31-,32-,33-,37-/m0/s1. The Morgan fingerprint density at radius 3 is 1.21 bits per heavy atom. The van der Waals surface area contributed by atoms with Crippen LogP contribution in [0.5, 0.6) is 0 Å². The first-order chi connectivity index (χ1) is 35.3. The summed E-state index contributed by atoms with van der Waals surface area (Å²) in [6, 6.07) is -12.9. The monoisotopic (exact) mass is 1100 g/mol. The topological polar surface area (TPSA) is 484 Å². The van der Waals surface area contributed by atoms with Crippen molar-refractivity contribution in [3.8, 4) is 0 Å². The van der Waals surface area contributed by atoms with Gasteiger partial charge in [0.1, 0.15) is 48.3 Å². The van der Waals surface area contributed by atoms with Gasteiger partial charge in [0.15, 0.2) is 5.96 Å². The minimum absolute atomic E-state index is 0.00361. The molecule has 0 aliphatic carbocycles. The van der Waals surface area contributed by atoms with E-state index in [-0.39, 0.29) is 87.4 Å². The molecule has 0 aliphatic heterocycles. The van der Waals surface area contributed by atoms with Gasteiger partial charge in [0.2, 0.25) is 59.1 Å². The molecule has 0 aromatic rings. The molecule has 432 valence electrons. The van der Waals surface area contributed by atoms with Gasteiger partial charge < -0.3 is 81.4 Å². The van der Waals surface area contributed by atoms with Crippen LogP contribution in [-0.2, 0) is 57.5 Å². The van der Waals surface area contributed by atoms with E-state index in [1.54, 1.807) is 61.6 Å². The van der Waals surface area contributed by atoms with Gasteiger partial charge in [-0.05, 0) is 80.6 Å². The molecule has 0 bridgehead atoms. The van der Waals surface area contributed by atoms with Gasteiger partial charge in [-0.25, -0.2) is 4.79 Å². The smallest absolute Gasteiger partial charge is 0.326 e. The Bertz CT molecular complexity index is 2040. The highest BCUT2D eigenvalue weighted by Gasteiger charge is 2.36. The van der Waals surface area contributed by atoms with Gasteiger partial charge >= 0.3 is 11.9 Å². The van der Waals surface area contributed by atoms with Crippen molar-refractivity contribution < 1.29 is 67.7 Å². The predicted molar refractivity (Wildman–Crippen MR) is 282 cm³/mol. The highest BCUT2D eigenvalue weighted by Crippen LogP contribution is 2.14. The van der Waals surface area contributed by atoms with E-state index in [1.807, 2.05) is 0 Å². The number of hydrogen-bond donors (Lipinski definition) is 15. The van der Waals surface area contributed by atoms with Crippen LogP contribution in [0.15, 0.2) is 4.99 Å². The number of carboxylic acids is 2. The first kappa shape index (κ1) is 69.2. The Balaban J connectivity index is 6.80. The molecule has 0 aliphatic rings. The van der Waals surface area contributed by atoms with Crippen molar-refractivity contribution in [2.24, 2.45) is 57.3 Å². The molecule has 0 spiro atoms. The molecule has 29 heteroatoms. The third-order valence-electron chi connectivity index (χ3n) is 11.2. The van der Waals surface area contributed by atoms with Crippen LogP contribution in [0, 0.1) is 23.7 Å². The van der Waals surface area contributed by atoms with E-state index >= 15 is 0 Å². The first-order valence-corrected chi connectivity index (χ1v) is 26.4. The molecular weight excluding hydrogens is 1020 g/mol. The lowest BCUT2D eigenvalue weighted by Crippen LogP contribution is -2.61. The molecule has 0 aromatic heterocycles. The highest BCUT2D eigenvalue weighted by atomic mass is 32.2. The molecule has 0 radical (unpaired) electrons. The van der Waals surface area contributed by atoms with E-state index in [0.717, 1.165) is 0 Å². The number of carboxylic acid groups (broad SMARTS) is 2. The summed E-state index contributed by atoms with van der Waals surface area (Å²) in [6.45, 7) is 13.6. The largest absolute Gasteiger partial charge is 0.481 e. The summed E-state index contributed by atoms with van der Waals surface area (Å²) in [7, 11) is 0. The summed E-state index contributed by atoms with van der Waals surface area (Å²) in [4.78, 5) is 161. The molecule has 9 atom stereocenters. The maximum absolute atomic E-state index is 14.2. The molecular formula is C47H84N14O14S. The van der Waals surface area contributed by atoms with E-state index in [9.17, 15) is 67.7 Å². The van der Waals surface area contributed by atoms with Crippen molar-refractivity contribution in [1.82, 2.24) is 42.5 Å². The second-order valence-electron chi connectivity index (χ2n) is 20.0. The summed E-state index contributed by atoms with van der Waals surface area (Å²) in [6.07, 6.45) is -0.561. The normalized spacial score (nSPS) is 14.8. The fourth-order valence-corrected chi connectivity index (χ4v) is 7.79. The van der Waals surface area contributed by atoms with E-state index in [1.165, 1.54) is 11.8 Å². The molecule has 0 unspecified atom stereocenters. The summed E-state index contributed by atoms with van der Waals surface area (Å²) >= 11 is 1.29. The second-order valence-corrected chi connectivity index (χ2v) is 21.0. The number of amides is 10. The quantitative estimate of drug-likeness (QED) is 0.0162. The average molecular weight is 1100 g/mol. The van der Waals surface area contributed by atoms with Crippen molar-refractivity contribution >= 4 is 88.7 Å². The van der Waals surface area contributed by atoms with Crippen LogP contribution < -0.4 is 71.2 Å². The Hall–Kier alpha value is -6.78. The number of aliphatic carboxylic acids is 2. The lowest BCUT2D eigenvalue weighted by molar-refractivity contribution is -0.144. The Morgan fingerprint density at radius 1 is 0.474 bits per heavy atom. The summed E-state index contributed by atoms with van der Waals surface area (Å²) in [5, 5.41) is 39.4. The minimum Gasteiger partial charge on any atom is -0.481 e. The zero-order valence-corrected chi connectivity index (χ0v) is 45.8. The number of nitrogens with zero attached hydrogens (tertiary/aromatic N) is 1. The van der Waals surface area contributed by atoms with Crippen LogP contribution in [0.25, 0.3) is 0 Å². The van der Waals surface area contributed by atoms with Gasteiger partial charge in [-0.3, -0.25) is 57.7 Å². The molecule has 0 fully saturated rings. The van der Waals surface area contributed by atoms with Crippen molar-refractivity contribution in [2.45, 2.75) is 174 Å². The minimum atomic E-state index is -1.83.